The molecule has 5 heteroatoms. The molecule has 0 saturated carbocycles. The predicted molar refractivity (Wildman–Crippen MR) is 106 cm³/mol. The van der Waals surface area contributed by atoms with Crippen LogP contribution in [0.5, 0.6) is 0 Å². The molecule has 1 amide bonds. The highest BCUT2D eigenvalue weighted by Gasteiger charge is 2.26. The number of benzene rings is 2. The molecule has 1 aliphatic rings. The highest BCUT2D eigenvalue weighted by Crippen LogP contribution is 2.21. The van der Waals surface area contributed by atoms with E-state index in [9.17, 15) is 9.59 Å². The largest absolute Gasteiger partial charge is 0.465 e. The van der Waals surface area contributed by atoms with Crippen LogP contribution in [0.4, 0.5) is 5.69 Å². The van der Waals surface area contributed by atoms with E-state index in [4.69, 9.17) is 0 Å². The molecule has 0 radical (unpaired) electrons. The molecule has 2 aromatic carbocycles. The van der Waals surface area contributed by atoms with E-state index in [-0.39, 0.29) is 17.8 Å². The third-order valence-corrected chi connectivity index (χ3v) is 4.94. The van der Waals surface area contributed by atoms with Gasteiger partial charge in [0.15, 0.2) is 0 Å². The van der Waals surface area contributed by atoms with Crippen molar-refractivity contribution in [3.05, 3.63) is 65.2 Å². The van der Waals surface area contributed by atoms with Gasteiger partial charge in [-0.1, -0.05) is 29.8 Å². The second kappa shape index (κ2) is 8.82. The number of carbonyl (C=O) groups is 2. The number of likely N-dealkylation sites (tertiary alicyclic amines) is 1. The number of piperidine rings is 1. The number of methoxy groups -OCH3 is 1. The van der Waals surface area contributed by atoms with Crippen LogP contribution in [0.25, 0.3) is 0 Å². The van der Waals surface area contributed by atoms with Crippen molar-refractivity contribution in [1.29, 1.82) is 0 Å². The molecule has 1 heterocycles. The minimum Gasteiger partial charge on any atom is -0.465 e. The fourth-order valence-electron chi connectivity index (χ4n) is 3.53. The zero-order valence-electron chi connectivity index (χ0n) is 15.9. The van der Waals surface area contributed by atoms with Crippen molar-refractivity contribution in [2.45, 2.75) is 26.3 Å². The third kappa shape index (κ3) is 5.17. The van der Waals surface area contributed by atoms with Crippen LogP contribution in [0.15, 0.2) is 48.5 Å². The highest BCUT2D eigenvalue weighted by atomic mass is 16.5. The Morgan fingerprint density at radius 3 is 2.67 bits per heavy atom. The first-order valence-electron chi connectivity index (χ1n) is 9.32. The topological polar surface area (TPSA) is 58.6 Å². The maximum atomic E-state index is 12.7. The Bertz CT molecular complexity index is 801. The fraction of sp³-hybridized carbons (Fsp3) is 0.364. The Labute approximate surface area is 160 Å². The first-order chi connectivity index (χ1) is 13.0. The van der Waals surface area contributed by atoms with Crippen molar-refractivity contribution < 1.29 is 14.3 Å². The molecule has 2 aromatic rings. The summed E-state index contributed by atoms with van der Waals surface area (Å²) in [6, 6.07) is 15.3. The van der Waals surface area contributed by atoms with Crippen LogP contribution in [0.3, 0.4) is 0 Å². The standard InChI is InChI=1S/C22H26N2O3/c1-16-5-3-6-17(13-16)14-24-12-4-7-19(15-24)21(25)23-20-10-8-18(9-11-20)22(26)27-2/h3,5-6,8-11,13,19H,4,7,12,14-15H2,1-2H3,(H,23,25). The van der Waals surface area contributed by atoms with Gasteiger partial charge in [0, 0.05) is 18.8 Å². The maximum absolute atomic E-state index is 12.7. The number of esters is 1. The number of hydrogen-bond donors (Lipinski definition) is 1. The van der Waals surface area contributed by atoms with E-state index in [1.807, 2.05) is 0 Å². The average molecular weight is 366 g/mol. The Balaban J connectivity index is 1.57. The number of anilines is 1. The van der Waals surface area contributed by atoms with E-state index < -0.39 is 0 Å². The zero-order chi connectivity index (χ0) is 19.2. The normalized spacial score (nSPS) is 17.3. The first-order valence-corrected chi connectivity index (χ1v) is 9.32. The Morgan fingerprint density at radius 2 is 1.96 bits per heavy atom. The molecule has 0 bridgehead atoms. The van der Waals surface area contributed by atoms with Crippen molar-refractivity contribution in [2.24, 2.45) is 5.92 Å². The first kappa shape index (κ1) is 19.1. The van der Waals surface area contributed by atoms with Crippen molar-refractivity contribution in [3.63, 3.8) is 0 Å². The van der Waals surface area contributed by atoms with Crippen LogP contribution in [0, 0.1) is 12.8 Å². The molecule has 27 heavy (non-hydrogen) atoms. The molecule has 0 aromatic heterocycles. The summed E-state index contributed by atoms with van der Waals surface area (Å²) >= 11 is 0. The van der Waals surface area contributed by atoms with E-state index in [0.29, 0.717) is 11.3 Å². The van der Waals surface area contributed by atoms with Gasteiger partial charge >= 0.3 is 5.97 Å². The third-order valence-electron chi connectivity index (χ3n) is 4.94. The molecule has 0 spiro atoms. The van der Waals surface area contributed by atoms with Gasteiger partial charge in [-0.05, 0) is 56.1 Å². The van der Waals surface area contributed by atoms with Crippen molar-refractivity contribution >= 4 is 17.6 Å². The number of aryl methyl sites for hydroxylation is 1. The van der Waals surface area contributed by atoms with E-state index in [2.05, 4.69) is 46.1 Å². The molecule has 1 N–H and O–H groups in total. The number of nitrogens with one attached hydrogen (secondary N) is 1. The van der Waals surface area contributed by atoms with E-state index >= 15 is 0 Å². The summed E-state index contributed by atoms with van der Waals surface area (Å²) in [7, 11) is 1.35. The molecule has 1 fully saturated rings. The summed E-state index contributed by atoms with van der Waals surface area (Å²) in [6.45, 7) is 4.76. The van der Waals surface area contributed by atoms with Gasteiger partial charge in [-0.3, -0.25) is 9.69 Å². The molecule has 1 saturated heterocycles. The molecule has 142 valence electrons. The monoisotopic (exact) mass is 366 g/mol. The van der Waals surface area contributed by atoms with Gasteiger partial charge in [0.2, 0.25) is 5.91 Å². The van der Waals surface area contributed by atoms with Gasteiger partial charge in [0.05, 0.1) is 18.6 Å². The summed E-state index contributed by atoms with van der Waals surface area (Å²) in [5.41, 5.74) is 3.71. The Kier molecular flexibility index (Phi) is 6.24. The van der Waals surface area contributed by atoms with Crippen LogP contribution in [0.2, 0.25) is 0 Å². The van der Waals surface area contributed by atoms with Crippen molar-refractivity contribution in [2.75, 3.05) is 25.5 Å². The SMILES string of the molecule is COC(=O)c1ccc(NC(=O)C2CCCN(Cc3cccc(C)c3)C2)cc1. The van der Waals surface area contributed by atoms with Crippen LogP contribution in [-0.4, -0.2) is 37.0 Å². The molecule has 5 nitrogen and oxygen atoms in total. The lowest BCUT2D eigenvalue weighted by molar-refractivity contribution is -0.121. The minimum absolute atomic E-state index is 0.0242. The van der Waals surface area contributed by atoms with Gasteiger partial charge in [0.25, 0.3) is 0 Å². The number of ether oxygens (including phenoxy) is 1. The van der Waals surface area contributed by atoms with Crippen LogP contribution in [0.1, 0.15) is 34.3 Å². The molecular formula is C22H26N2O3. The summed E-state index contributed by atoms with van der Waals surface area (Å²) in [6.07, 6.45) is 1.92. The molecule has 1 unspecified atom stereocenters. The van der Waals surface area contributed by atoms with E-state index in [1.54, 1.807) is 24.3 Å². The molecule has 1 aliphatic heterocycles. The summed E-state index contributed by atoms with van der Waals surface area (Å²) in [4.78, 5) is 26.5. The van der Waals surface area contributed by atoms with Crippen molar-refractivity contribution in [3.8, 4) is 0 Å². The second-order valence-electron chi connectivity index (χ2n) is 7.12. The molecule has 1 atom stereocenters. The van der Waals surface area contributed by atoms with Crippen LogP contribution >= 0.6 is 0 Å². The van der Waals surface area contributed by atoms with Gasteiger partial charge < -0.3 is 10.1 Å². The van der Waals surface area contributed by atoms with E-state index in [1.165, 1.54) is 18.2 Å². The maximum Gasteiger partial charge on any atom is 0.337 e. The smallest absolute Gasteiger partial charge is 0.337 e. The quantitative estimate of drug-likeness (QED) is 0.821. The van der Waals surface area contributed by atoms with Crippen molar-refractivity contribution in [1.82, 2.24) is 4.90 Å². The number of carbonyl (C=O) groups excluding carboxylic acids is 2. The van der Waals surface area contributed by atoms with Gasteiger partial charge in [-0.25, -0.2) is 4.79 Å². The highest BCUT2D eigenvalue weighted by molar-refractivity contribution is 5.94. The summed E-state index contributed by atoms with van der Waals surface area (Å²) < 4.78 is 4.69. The van der Waals surface area contributed by atoms with Gasteiger partial charge in [0.1, 0.15) is 0 Å². The fourth-order valence-corrected chi connectivity index (χ4v) is 3.53. The van der Waals surface area contributed by atoms with Gasteiger partial charge in [-0.2, -0.15) is 0 Å². The van der Waals surface area contributed by atoms with E-state index in [0.717, 1.165) is 32.5 Å². The summed E-state index contributed by atoms with van der Waals surface area (Å²) in [5.74, 6) is -0.370. The zero-order valence-corrected chi connectivity index (χ0v) is 15.9. The lowest BCUT2D eigenvalue weighted by Gasteiger charge is -2.32. The van der Waals surface area contributed by atoms with Gasteiger partial charge in [-0.15, -0.1) is 0 Å². The summed E-state index contributed by atoms with van der Waals surface area (Å²) in [5, 5.41) is 2.97. The molecule has 0 aliphatic carbocycles. The molecular weight excluding hydrogens is 340 g/mol. The predicted octanol–water partition coefficient (Wildman–Crippen LogP) is 3.63. The second-order valence-corrected chi connectivity index (χ2v) is 7.12. The Hall–Kier alpha value is -2.66. The number of amides is 1. The van der Waals surface area contributed by atoms with Crippen LogP contribution in [-0.2, 0) is 16.1 Å². The lowest BCUT2D eigenvalue weighted by Crippen LogP contribution is -2.40. The number of nitrogens with zero attached hydrogens (tertiary/aromatic N) is 1. The Morgan fingerprint density at radius 1 is 1.19 bits per heavy atom. The minimum atomic E-state index is -0.382. The lowest BCUT2D eigenvalue weighted by atomic mass is 9.96. The number of rotatable bonds is 5. The van der Waals surface area contributed by atoms with Crippen LogP contribution < -0.4 is 5.32 Å². The number of hydrogen-bond acceptors (Lipinski definition) is 4. The molecule has 3 rings (SSSR count). The average Bonchev–Trinajstić information content (AvgIpc) is 2.68.